The minimum atomic E-state index is 0.126. The van der Waals surface area contributed by atoms with Crippen LogP contribution in [-0.2, 0) is 19.3 Å². The average molecular weight is 311 g/mol. The minimum Gasteiger partial charge on any atom is -0.345 e. The summed E-state index contributed by atoms with van der Waals surface area (Å²) in [4.78, 5) is 14.2. The van der Waals surface area contributed by atoms with Gasteiger partial charge in [-0.15, -0.1) is 11.3 Å². The third kappa shape index (κ3) is 2.48. The maximum atomic E-state index is 12.8. The Morgan fingerprint density at radius 3 is 2.91 bits per heavy atom. The first-order chi connectivity index (χ1) is 10.8. The Morgan fingerprint density at radius 1 is 1.09 bits per heavy atom. The average Bonchev–Trinajstić information content (AvgIpc) is 2.99. The Bertz CT molecular complexity index is 703. The van der Waals surface area contributed by atoms with Crippen molar-refractivity contribution in [3.63, 3.8) is 0 Å². The zero-order valence-electron chi connectivity index (χ0n) is 12.7. The molecule has 0 fully saturated rings. The van der Waals surface area contributed by atoms with Gasteiger partial charge in [0, 0.05) is 10.3 Å². The molecule has 1 amide bonds. The van der Waals surface area contributed by atoms with Crippen LogP contribution in [-0.4, -0.2) is 5.91 Å². The Kier molecular flexibility index (Phi) is 3.75. The SMILES string of the molecule is O=C(NC1CCCc2ccccc21)c1csc2c1CCCC2. The molecule has 1 heterocycles. The number of benzene rings is 1. The zero-order chi connectivity index (χ0) is 14.9. The van der Waals surface area contributed by atoms with Crippen molar-refractivity contribution < 1.29 is 4.79 Å². The molecular formula is C19H21NOS. The number of carbonyl (C=O) groups excluding carboxylic acids is 1. The van der Waals surface area contributed by atoms with Crippen molar-refractivity contribution in [3.05, 3.63) is 56.8 Å². The molecule has 0 saturated carbocycles. The van der Waals surface area contributed by atoms with E-state index in [9.17, 15) is 4.79 Å². The number of nitrogens with one attached hydrogen (secondary N) is 1. The van der Waals surface area contributed by atoms with E-state index in [-0.39, 0.29) is 11.9 Å². The highest BCUT2D eigenvalue weighted by atomic mass is 32.1. The molecule has 2 nitrogen and oxygen atoms in total. The summed E-state index contributed by atoms with van der Waals surface area (Å²) in [5.74, 6) is 0.126. The molecule has 0 saturated heterocycles. The Balaban J connectivity index is 1.57. The summed E-state index contributed by atoms with van der Waals surface area (Å²) in [6.07, 6.45) is 8.05. The number of hydrogen-bond donors (Lipinski definition) is 1. The van der Waals surface area contributed by atoms with Gasteiger partial charge in [-0.3, -0.25) is 4.79 Å². The number of carbonyl (C=O) groups is 1. The van der Waals surface area contributed by atoms with E-state index in [2.05, 4.69) is 35.0 Å². The van der Waals surface area contributed by atoms with Crippen molar-refractivity contribution in [1.29, 1.82) is 0 Å². The van der Waals surface area contributed by atoms with Crippen molar-refractivity contribution >= 4 is 17.2 Å². The molecule has 1 aromatic carbocycles. The first kappa shape index (κ1) is 14.0. The maximum Gasteiger partial charge on any atom is 0.252 e. The second-order valence-electron chi connectivity index (χ2n) is 6.38. The Morgan fingerprint density at radius 2 is 1.95 bits per heavy atom. The standard InChI is InChI=1S/C19H21NOS/c21-19(16-12-22-18-11-4-3-9-15(16)18)20-17-10-5-7-13-6-1-2-8-14(13)17/h1-2,6,8,12,17H,3-5,7,9-11H2,(H,20,21). The van der Waals surface area contributed by atoms with Gasteiger partial charge < -0.3 is 5.32 Å². The third-order valence-corrected chi connectivity index (χ3v) is 6.07. The fourth-order valence-corrected chi connectivity index (χ4v) is 4.95. The lowest BCUT2D eigenvalue weighted by atomic mass is 9.87. The van der Waals surface area contributed by atoms with Gasteiger partial charge >= 0.3 is 0 Å². The highest BCUT2D eigenvalue weighted by Gasteiger charge is 2.25. The number of rotatable bonds is 2. The van der Waals surface area contributed by atoms with Gasteiger partial charge in [0.2, 0.25) is 0 Å². The van der Waals surface area contributed by atoms with E-state index in [0.717, 1.165) is 37.7 Å². The molecule has 3 heteroatoms. The fraction of sp³-hybridized carbons (Fsp3) is 0.421. The van der Waals surface area contributed by atoms with Crippen LogP contribution in [0.2, 0.25) is 0 Å². The van der Waals surface area contributed by atoms with E-state index < -0.39 is 0 Å². The number of thiophene rings is 1. The van der Waals surface area contributed by atoms with Crippen molar-refractivity contribution in [3.8, 4) is 0 Å². The smallest absolute Gasteiger partial charge is 0.252 e. The summed E-state index contributed by atoms with van der Waals surface area (Å²) >= 11 is 1.77. The van der Waals surface area contributed by atoms with Crippen molar-refractivity contribution in [2.75, 3.05) is 0 Å². The van der Waals surface area contributed by atoms with Crippen molar-refractivity contribution in [2.45, 2.75) is 51.0 Å². The van der Waals surface area contributed by atoms with Gasteiger partial charge in [0.05, 0.1) is 11.6 Å². The van der Waals surface area contributed by atoms with Crippen molar-refractivity contribution in [2.24, 2.45) is 0 Å². The van der Waals surface area contributed by atoms with Crippen LogP contribution >= 0.6 is 11.3 Å². The highest BCUT2D eigenvalue weighted by molar-refractivity contribution is 7.10. The lowest BCUT2D eigenvalue weighted by molar-refractivity contribution is 0.0932. The highest BCUT2D eigenvalue weighted by Crippen LogP contribution is 2.32. The van der Waals surface area contributed by atoms with E-state index in [1.54, 1.807) is 11.3 Å². The van der Waals surface area contributed by atoms with E-state index in [1.165, 1.54) is 34.4 Å². The number of hydrogen-bond acceptors (Lipinski definition) is 2. The molecule has 4 rings (SSSR count). The molecule has 22 heavy (non-hydrogen) atoms. The molecule has 2 aliphatic carbocycles. The maximum absolute atomic E-state index is 12.8. The summed E-state index contributed by atoms with van der Waals surface area (Å²) in [6, 6.07) is 8.72. The molecule has 0 spiro atoms. The Hall–Kier alpha value is -1.61. The van der Waals surface area contributed by atoms with Crippen LogP contribution in [0.25, 0.3) is 0 Å². The number of aryl methyl sites for hydroxylation is 2. The summed E-state index contributed by atoms with van der Waals surface area (Å²) in [7, 11) is 0. The molecule has 1 unspecified atom stereocenters. The van der Waals surface area contributed by atoms with Gasteiger partial charge in [0.15, 0.2) is 0 Å². The van der Waals surface area contributed by atoms with Crippen LogP contribution in [0.15, 0.2) is 29.6 Å². The van der Waals surface area contributed by atoms with Gasteiger partial charge in [-0.05, 0) is 61.6 Å². The second kappa shape index (κ2) is 5.88. The van der Waals surface area contributed by atoms with Crippen LogP contribution in [0, 0.1) is 0 Å². The summed E-state index contributed by atoms with van der Waals surface area (Å²) in [5, 5.41) is 5.36. The fourth-order valence-electron chi connectivity index (χ4n) is 3.82. The summed E-state index contributed by atoms with van der Waals surface area (Å²) in [6.45, 7) is 0. The zero-order valence-corrected chi connectivity index (χ0v) is 13.5. The van der Waals surface area contributed by atoms with E-state index in [0.29, 0.717) is 0 Å². The van der Waals surface area contributed by atoms with Gasteiger partial charge in [-0.2, -0.15) is 0 Å². The van der Waals surface area contributed by atoms with Crippen LogP contribution < -0.4 is 5.32 Å². The predicted octanol–water partition coefficient (Wildman–Crippen LogP) is 4.43. The number of fused-ring (bicyclic) bond motifs is 2. The monoisotopic (exact) mass is 311 g/mol. The van der Waals surface area contributed by atoms with Crippen LogP contribution in [0.4, 0.5) is 0 Å². The van der Waals surface area contributed by atoms with Gasteiger partial charge in [0.1, 0.15) is 0 Å². The Labute approximate surface area is 135 Å². The lowest BCUT2D eigenvalue weighted by Gasteiger charge is -2.26. The van der Waals surface area contributed by atoms with Crippen LogP contribution in [0.1, 0.15) is 63.7 Å². The van der Waals surface area contributed by atoms with Crippen molar-refractivity contribution in [1.82, 2.24) is 5.32 Å². The summed E-state index contributed by atoms with van der Waals surface area (Å²) in [5.41, 5.74) is 4.96. The third-order valence-electron chi connectivity index (χ3n) is 4.98. The molecule has 0 aliphatic heterocycles. The van der Waals surface area contributed by atoms with Crippen LogP contribution in [0.5, 0.6) is 0 Å². The number of amides is 1. The normalized spacial score (nSPS) is 20.1. The molecule has 2 aromatic rings. The first-order valence-corrected chi connectivity index (χ1v) is 9.19. The minimum absolute atomic E-state index is 0.126. The molecule has 1 atom stereocenters. The molecule has 2 aliphatic rings. The summed E-state index contributed by atoms with van der Waals surface area (Å²) < 4.78 is 0. The molecule has 0 bridgehead atoms. The van der Waals surface area contributed by atoms with Gasteiger partial charge in [-0.25, -0.2) is 0 Å². The topological polar surface area (TPSA) is 29.1 Å². The molecule has 0 radical (unpaired) electrons. The van der Waals surface area contributed by atoms with Gasteiger partial charge in [0.25, 0.3) is 5.91 Å². The quantitative estimate of drug-likeness (QED) is 0.873. The first-order valence-electron chi connectivity index (χ1n) is 8.31. The second-order valence-corrected chi connectivity index (χ2v) is 7.34. The van der Waals surface area contributed by atoms with E-state index in [1.807, 2.05) is 0 Å². The molecule has 114 valence electrons. The van der Waals surface area contributed by atoms with E-state index in [4.69, 9.17) is 0 Å². The molecule has 1 N–H and O–H groups in total. The molecular weight excluding hydrogens is 290 g/mol. The lowest BCUT2D eigenvalue weighted by Crippen LogP contribution is -2.31. The van der Waals surface area contributed by atoms with E-state index >= 15 is 0 Å². The van der Waals surface area contributed by atoms with Crippen LogP contribution in [0.3, 0.4) is 0 Å². The predicted molar refractivity (Wildman–Crippen MR) is 90.5 cm³/mol. The molecule has 1 aromatic heterocycles. The van der Waals surface area contributed by atoms with Gasteiger partial charge in [-0.1, -0.05) is 24.3 Å². The largest absolute Gasteiger partial charge is 0.345 e.